The Kier molecular flexibility index (Phi) is 2.47. The molecule has 0 saturated carbocycles. The van der Waals surface area contributed by atoms with Gasteiger partial charge in [0.2, 0.25) is 0 Å². The summed E-state index contributed by atoms with van der Waals surface area (Å²) in [7, 11) is 0. The molecule has 0 radical (unpaired) electrons. The smallest absolute Gasteiger partial charge is 0.0958 e. The highest BCUT2D eigenvalue weighted by atomic mass is 15.2. The minimum absolute atomic E-state index is 0.243. The van der Waals surface area contributed by atoms with Crippen molar-refractivity contribution in [3.8, 4) is 0 Å². The van der Waals surface area contributed by atoms with Crippen LogP contribution in [-0.4, -0.2) is 15.6 Å². The summed E-state index contributed by atoms with van der Waals surface area (Å²) in [5.74, 6) is 5.35. The van der Waals surface area contributed by atoms with Crippen LogP contribution in [0, 0.1) is 0 Å². The van der Waals surface area contributed by atoms with Gasteiger partial charge in [0.1, 0.15) is 0 Å². The Bertz CT molecular complexity index is 421. The number of nitrogens with two attached hydrogens (primary N) is 1. The molecule has 1 unspecified atom stereocenters. The van der Waals surface area contributed by atoms with Crippen LogP contribution in [0.5, 0.6) is 0 Å². The van der Waals surface area contributed by atoms with E-state index in [9.17, 15) is 0 Å². The summed E-state index contributed by atoms with van der Waals surface area (Å²) in [4.78, 5) is 4.30. The zero-order valence-corrected chi connectivity index (χ0v) is 8.14. The Labute approximate surface area is 82.7 Å². The summed E-state index contributed by atoms with van der Waals surface area (Å²) in [5, 5.41) is 0. The fraction of sp³-hybridized carbons (Fsp3) is 0.300. The van der Waals surface area contributed by atoms with Gasteiger partial charge < -0.3 is 4.57 Å². The molecule has 0 aliphatic rings. The minimum atomic E-state index is 0.243. The molecule has 4 heteroatoms. The molecule has 2 aromatic rings. The number of benzene rings is 1. The Morgan fingerprint density at radius 3 is 3.07 bits per heavy atom. The van der Waals surface area contributed by atoms with Gasteiger partial charge in [0.25, 0.3) is 0 Å². The second kappa shape index (κ2) is 3.77. The number of hydrazine groups is 1. The van der Waals surface area contributed by atoms with E-state index in [0.29, 0.717) is 0 Å². The maximum atomic E-state index is 5.35. The number of imidazole rings is 1. The number of aromatic nitrogens is 2. The normalized spacial score (nSPS) is 13.3. The molecule has 1 heterocycles. The van der Waals surface area contributed by atoms with Crippen LogP contribution in [0.25, 0.3) is 11.0 Å². The number of fused-ring (bicyclic) bond motifs is 1. The van der Waals surface area contributed by atoms with E-state index in [1.165, 1.54) is 0 Å². The van der Waals surface area contributed by atoms with Gasteiger partial charge in [-0.3, -0.25) is 11.3 Å². The summed E-state index contributed by atoms with van der Waals surface area (Å²) in [5.41, 5.74) is 4.89. The third kappa shape index (κ3) is 1.62. The van der Waals surface area contributed by atoms with Crippen molar-refractivity contribution in [2.24, 2.45) is 5.84 Å². The molecule has 0 fully saturated rings. The molecule has 14 heavy (non-hydrogen) atoms. The molecule has 0 spiro atoms. The van der Waals surface area contributed by atoms with Gasteiger partial charge in [0, 0.05) is 12.6 Å². The number of nitrogens with one attached hydrogen (secondary N) is 1. The van der Waals surface area contributed by atoms with Crippen molar-refractivity contribution in [3.63, 3.8) is 0 Å². The van der Waals surface area contributed by atoms with Gasteiger partial charge in [-0.05, 0) is 19.1 Å². The average Bonchev–Trinajstić information content (AvgIpc) is 2.62. The molecule has 74 valence electrons. The number of hydrogen-bond acceptors (Lipinski definition) is 3. The van der Waals surface area contributed by atoms with Crippen molar-refractivity contribution in [1.29, 1.82) is 0 Å². The van der Waals surface area contributed by atoms with Crippen LogP contribution < -0.4 is 11.3 Å². The number of para-hydroxylation sites is 2. The first-order valence-electron chi connectivity index (χ1n) is 4.67. The first kappa shape index (κ1) is 9.18. The van der Waals surface area contributed by atoms with Gasteiger partial charge in [-0.15, -0.1) is 0 Å². The highest BCUT2D eigenvalue weighted by molar-refractivity contribution is 5.74. The lowest BCUT2D eigenvalue weighted by molar-refractivity contribution is 0.496. The molecule has 0 aliphatic heterocycles. The topological polar surface area (TPSA) is 55.9 Å². The molecule has 1 atom stereocenters. The van der Waals surface area contributed by atoms with Gasteiger partial charge in [0.15, 0.2) is 0 Å². The molecule has 0 aliphatic carbocycles. The molecule has 4 nitrogen and oxygen atoms in total. The first-order chi connectivity index (χ1) is 6.81. The molecule has 3 N–H and O–H groups in total. The maximum absolute atomic E-state index is 5.35. The Morgan fingerprint density at radius 1 is 1.50 bits per heavy atom. The van der Waals surface area contributed by atoms with Gasteiger partial charge in [-0.1, -0.05) is 12.1 Å². The monoisotopic (exact) mass is 190 g/mol. The van der Waals surface area contributed by atoms with Crippen molar-refractivity contribution in [1.82, 2.24) is 15.0 Å². The predicted octanol–water partition coefficient (Wildman–Crippen LogP) is 0.888. The lowest BCUT2D eigenvalue weighted by atomic mass is 10.3. The zero-order chi connectivity index (χ0) is 9.97. The van der Waals surface area contributed by atoms with Gasteiger partial charge in [-0.25, -0.2) is 4.98 Å². The van der Waals surface area contributed by atoms with Crippen LogP contribution in [-0.2, 0) is 6.54 Å². The summed E-state index contributed by atoms with van der Waals surface area (Å²) < 4.78 is 2.10. The average molecular weight is 190 g/mol. The molecule has 1 aromatic carbocycles. The van der Waals surface area contributed by atoms with Crippen molar-refractivity contribution in [2.75, 3.05) is 0 Å². The lowest BCUT2D eigenvalue weighted by Gasteiger charge is -2.10. The first-order valence-corrected chi connectivity index (χ1v) is 4.67. The molecular weight excluding hydrogens is 176 g/mol. The van der Waals surface area contributed by atoms with E-state index in [0.717, 1.165) is 17.6 Å². The summed E-state index contributed by atoms with van der Waals surface area (Å²) in [6.07, 6.45) is 1.85. The van der Waals surface area contributed by atoms with Crippen LogP contribution in [0.4, 0.5) is 0 Å². The van der Waals surface area contributed by atoms with Crippen molar-refractivity contribution < 1.29 is 0 Å². The van der Waals surface area contributed by atoms with Gasteiger partial charge >= 0.3 is 0 Å². The standard InChI is InChI=1S/C10H14N4/c1-8(13-11)6-14-7-12-9-4-2-3-5-10(9)14/h2-5,7-8,13H,6,11H2,1H3. The summed E-state index contributed by atoms with van der Waals surface area (Å²) in [6.45, 7) is 2.87. The lowest BCUT2D eigenvalue weighted by Crippen LogP contribution is -2.35. The molecule has 0 bridgehead atoms. The van der Waals surface area contributed by atoms with Crippen molar-refractivity contribution in [2.45, 2.75) is 19.5 Å². The zero-order valence-electron chi connectivity index (χ0n) is 8.14. The number of nitrogens with zero attached hydrogens (tertiary/aromatic N) is 2. The Hall–Kier alpha value is -1.39. The predicted molar refractivity (Wildman–Crippen MR) is 56.5 cm³/mol. The van der Waals surface area contributed by atoms with Crippen LogP contribution in [0.2, 0.25) is 0 Å². The third-order valence-electron chi connectivity index (χ3n) is 2.28. The van der Waals surface area contributed by atoms with E-state index < -0.39 is 0 Å². The molecule has 1 aromatic heterocycles. The molecule has 2 rings (SSSR count). The molecule has 0 saturated heterocycles. The molecular formula is C10H14N4. The van der Waals surface area contributed by atoms with Gasteiger partial charge in [-0.2, -0.15) is 0 Å². The van der Waals surface area contributed by atoms with Crippen LogP contribution in [0.1, 0.15) is 6.92 Å². The van der Waals surface area contributed by atoms with Crippen LogP contribution in [0.15, 0.2) is 30.6 Å². The van der Waals surface area contributed by atoms with Crippen molar-refractivity contribution in [3.05, 3.63) is 30.6 Å². The fourth-order valence-corrected chi connectivity index (χ4v) is 1.50. The number of rotatable bonds is 3. The summed E-state index contributed by atoms with van der Waals surface area (Å²) >= 11 is 0. The van der Waals surface area contributed by atoms with Crippen LogP contribution in [0.3, 0.4) is 0 Å². The SMILES string of the molecule is CC(Cn1cnc2ccccc21)NN. The van der Waals surface area contributed by atoms with E-state index in [1.54, 1.807) is 0 Å². The van der Waals surface area contributed by atoms with E-state index in [-0.39, 0.29) is 6.04 Å². The maximum Gasteiger partial charge on any atom is 0.0958 e. The minimum Gasteiger partial charge on any atom is -0.329 e. The van der Waals surface area contributed by atoms with Crippen LogP contribution >= 0.6 is 0 Å². The Balaban J connectivity index is 2.33. The largest absolute Gasteiger partial charge is 0.329 e. The summed E-state index contributed by atoms with van der Waals surface area (Å²) in [6, 6.07) is 8.32. The number of hydrogen-bond donors (Lipinski definition) is 2. The van der Waals surface area contributed by atoms with Gasteiger partial charge in [0.05, 0.1) is 17.4 Å². The highest BCUT2D eigenvalue weighted by Gasteiger charge is 2.04. The molecule has 0 amide bonds. The second-order valence-electron chi connectivity index (χ2n) is 3.45. The quantitative estimate of drug-likeness (QED) is 0.558. The van der Waals surface area contributed by atoms with E-state index >= 15 is 0 Å². The fourth-order valence-electron chi connectivity index (χ4n) is 1.50. The van der Waals surface area contributed by atoms with E-state index in [2.05, 4.69) is 21.0 Å². The highest BCUT2D eigenvalue weighted by Crippen LogP contribution is 2.11. The Morgan fingerprint density at radius 2 is 2.29 bits per heavy atom. The van der Waals surface area contributed by atoms with E-state index in [1.807, 2.05) is 31.5 Å². The second-order valence-corrected chi connectivity index (χ2v) is 3.45. The third-order valence-corrected chi connectivity index (χ3v) is 2.28. The van der Waals surface area contributed by atoms with E-state index in [4.69, 9.17) is 5.84 Å². The van der Waals surface area contributed by atoms with Crippen molar-refractivity contribution >= 4 is 11.0 Å².